The van der Waals surface area contributed by atoms with Crippen molar-refractivity contribution in [3.05, 3.63) is 35.1 Å². The Morgan fingerprint density at radius 3 is 2.44 bits per heavy atom. The first kappa shape index (κ1) is 13.0. The van der Waals surface area contributed by atoms with Gasteiger partial charge in [-0.2, -0.15) is 0 Å². The highest BCUT2D eigenvalue weighted by molar-refractivity contribution is 5.20. The lowest BCUT2D eigenvalue weighted by Crippen LogP contribution is -2.07. The lowest BCUT2D eigenvalue weighted by molar-refractivity contribution is 0.0865. The van der Waals surface area contributed by atoms with Crippen LogP contribution in [0.1, 0.15) is 25.8 Å². The van der Waals surface area contributed by atoms with Crippen LogP contribution in [0.5, 0.6) is 0 Å². The van der Waals surface area contributed by atoms with Gasteiger partial charge < -0.3 is 4.74 Å². The zero-order chi connectivity index (χ0) is 12.1. The Morgan fingerprint density at radius 2 is 1.81 bits per heavy atom. The van der Waals surface area contributed by atoms with E-state index in [9.17, 15) is 13.2 Å². The van der Waals surface area contributed by atoms with Gasteiger partial charge in [-0.1, -0.05) is 20.3 Å². The summed E-state index contributed by atoms with van der Waals surface area (Å²) in [5, 5.41) is 0. The van der Waals surface area contributed by atoms with Crippen LogP contribution in [0.4, 0.5) is 13.2 Å². The standard InChI is InChI=1S/C12H15F3O/c1-3-8(2)6-16-7-9-10(13)4-5-11(14)12(9)15/h4-5,8H,3,6-7H2,1-2H3. The fourth-order valence-electron chi connectivity index (χ4n) is 1.18. The molecule has 1 unspecified atom stereocenters. The minimum Gasteiger partial charge on any atom is -0.376 e. The van der Waals surface area contributed by atoms with Crippen LogP contribution in [0.25, 0.3) is 0 Å². The molecular formula is C12H15F3O. The molecule has 0 saturated carbocycles. The van der Waals surface area contributed by atoms with E-state index in [0.717, 1.165) is 18.6 Å². The topological polar surface area (TPSA) is 9.23 Å². The molecule has 0 fully saturated rings. The zero-order valence-electron chi connectivity index (χ0n) is 9.40. The van der Waals surface area contributed by atoms with Gasteiger partial charge in [0.05, 0.1) is 12.2 Å². The first-order chi connectivity index (χ1) is 7.56. The molecule has 0 bridgehead atoms. The molecule has 0 aliphatic heterocycles. The zero-order valence-corrected chi connectivity index (χ0v) is 9.40. The number of hydrogen-bond acceptors (Lipinski definition) is 1. The van der Waals surface area contributed by atoms with Crippen molar-refractivity contribution < 1.29 is 17.9 Å². The lowest BCUT2D eigenvalue weighted by Gasteiger charge is -2.10. The third-order valence-corrected chi connectivity index (χ3v) is 2.48. The molecule has 1 atom stereocenters. The minimum absolute atomic E-state index is 0.236. The Balaban J connectivity index is 2.63. The van der Waals surface area contributed by atoms with Crippen molar-refractivity contribution in [3.8, 4) is 0 Å². The fourth-order valence-corrected chi connectivity index (χ4v) is 1.18. The SMILES string of the molecule is CCC(C)COCc1c(F)ccc(F)c1F. The van der Waals surface area contributed by atoms with E-state index in [1.54, 1.807) is 0 Å². The summed E-state index contributed by atoms with van der Waals surface area (Å²) in [5.74, 6) is -2.67. The Labute approximate surface area is 93.2 Å². The van der Waals surface area contributed by atoms with Gasteiger partial charge in [-0.25, -0.2) is 13.2 Å². The van der Waals surface area contributed by atoms with Crippen molar-refractivity contribution >= 4 is 0 Å². The molecule has 0 saturated heterocycles. The normalized spacial score (nSPS) is 12.8. The van der Waals surface area contributed by atoms with E-state index in [0.29, 0.717) is 12.5 Å². The van der Waals surface area contributed by atoms with Gasteiger partial charge in [0.1, 0.15) is 5.82 Å². The molecule has 1 aromatic rings. The molecule has 16 heavy (non-hydrogen) atoms. The molecule has 0 N–H and O–H groups in total. The summed E-state index contributed by atoms with van der Waals surface area (Å²) in [6.07, 6.45) is 0.925. The van der Waals surface area contributed by atoms with E-state index in [2.05, 4.69) is 0 Å². The molecule has 1 rings (SSSR count). The van der Waals surface area contributed by atoms with Gasteiger partial charge in [0.25, 0.3) is 0 Å². The maximum absolute atomic E-state index is 13.2. The van der Waals surface area contributed by atoms with Crippen LogP contribution < -0.4 is 0 Å². The second-order valence-corrected chi connectivity index (χ2v) is 3.85. The van der Waals surface area contributed by atoms with E-state index in [-0.39, 0.29) is 12.2 Å². The van der Waals surface area contributed by atoms with Gasteiger partial charge in [0, 0.05) is 6.61 Å². The molecule has 90 valence electrons. The van der Waals surface area contributed by atoms with Gasteiger partial charge in [-0.05, 0) is 18.1 Å². The minimum atomic E-state index is -1.16. The predicted molar refractivity (Wildman–Crippen MR) is 55.4 cm³/mol. The van der Waals surface area contributed by atoms with Gasteiger partial charge in [-0.3, -0.25) is 0 Å². The number of rotatable bonds is 5. The van der Waals surface area contributed by atoms with E-state index in [1.807, 2.05) is 13.8 Å². The van der Waals surface area contributed by atoms with Gasteiger partial charge in [0.15, 0.2) is 11.6 Å². The quantitative estimate of drug-likeness (QED) is 0.704. The molecule has 1 aromatic carbocycles. The van der Waals surface area contributed by atoms with Crippen LogP contribution in [0.15, 0.2) is 12.1 Å². The molecule has 4 heteroatoms. The second kappa shape index (κ2) is 5.89. The summed E-state index contributed by atoms with van der Waals surface area (Å²) in [4.78, 5) is 0. The summed E-state index contributed by atoms with van der Waals surface area (Å²) in [6, 6.07) is 1.67. The molecule has 0 aliphatic rings. The van der Waals surface area contributed by atoms with Crippen LogP contribution in [0.2, 0.25) is 0 Å². The molecule has 0 amide bonds. The van der Waals surface area contributed by atoms with Crippen molar-refractivity contribution in [1.29, 1.82) is 0 Å². The fraction of sp³-hybridized carbons (Fsp3) is 0.500. The average molecular weight is 232 g/mol. The molecule has 0 aromatic heterocycles. The first-order valence-corrected chi connectivity index (χ1v) is 5.26. The molecular weight excluding hydrogens is 217 g/mol. The molecule has 0 spiro atoms. The van der Waals surface area contributed by atoms with Crippen molar-refractivity contribution in [3.63, 3.8) is 0 Å². The summed E-state index contributed by atoms with van der Waals surface area (Å²) in [6.45, 7) is 4.14. The van der Waals surface area contributed by atoms with E-state index < -0.39 is 17.5 Å². The predicted octanol–water partition coefficient (Wildman–Crippen LogP) is 3.67. The second-order valence-electron chi connectivity index (χ2n) is 3.85. The van der Waals surface area contributed by atoms with Crippen molar-refractivity contribution in [2.75, 3.05) is 6.61 Å². The van der Waals surface area contributed by atoms with Crippen molar-refractivity contribution in [2.45, 2.75) is 26.9 Å². The van der Waals surface area contributed by atoms with Crippen molar-refractivity contribution in [2.24, 2.45) is 5.92 Å². The highest BCUT2D eigenvalue weighted by atomic mass is 19.2. The largest absolute Gasteiger partial charge is 0.376 e. The van der Waals surface area contributed by atoms with Crippen LogP contribution in [-0.2, 0) is 11.3 Å². The van der Waals surface area contributed by atoms with Gasteiger partial charge >= 0.3 is 0 Å². The summed E-state index contributed by atoms with van der Waals surface area (Å²) >= 11 is 0. The summed E-state index contributed by atoms with van der Waals surface area (Å²) in [5.41, 5.74) is -0.344. The first-order valence-electron chi connectivity index (χ1n) is 5.26. The summed E-state index contributed by atoms with van der Waals surface area (Å²) in [7, 11) is 0. The molecule has 0 radical (unpaired) electrons. The van der Waals surface area contributed by atoms with Crippen LogP contribution in [0.3, 0.4) is 0 Å². The Hall–Kier alpha value is -1.03. The van der Waals surface area contributed by atoms with Crippen LogP contribution in [-0.4, -0.2) is 6.61 Å². The van der Waals surface area contributed by atoms with Gasteiger partial charge in [0.2, 0.25) is 0 Å². The highest BCUT2D eigenvalue weighted by Gasteiger charge is 2.13. The van der Waals surface area contributed by atoms with Crippen LogP contribution in [0, 0.1) is 23.4 Å². The number of halogens is 3. The maximum atomic E-state index is 13.2. The smallest absolute Gasteiger partial charge is 0.167 e. The van der Waals surface area contributed by atoms with Gasteiger partial charge in [-0.15, -0.1) is 0 Å². The average Bonchev–Trinajstić information content (AvgIpc) is 2.28. The maximum Gasteiger partial charge on any atom is 0.167 e. The van der Waals surface area contributed by atoms with Crippen LogP contribution >= 0.6 is 0 Å². The number of hydrogen-bond donors (Lipinski definition) is 0. The molecule has 0 aliphatic carbocycles. The lowest BCUT2D eigenvalue weighted by atomic mass is 10.1. The Morgan fingerprint density at radius 1 is 1.19 bits per heavy atom. The van der Waals surface area contributed by atoms with E-state index in [4.69, 9.17) is 4.74 Å². The van der Waals surface area contributed by atoms with Crippen molar-refractivity contribution in [1.82, 2.24) is 0 Å². The molecule has 0 heterocycles. The monoisotopic (exact) mass is 232 g/mol. The Bertz CT molecular complexity index is 352. The summed E-state index contributed by atoms with van der Waals surface area (Å²) < 4.78 is 44.3. The third kappa shape index (κ3) is 3.23. The molecule has 1 nitrogen and oxygen atoms in total. The van der Waals surface area contributed by atoms with E-state index >= 15 is 0 Å². The Kier molecular flexibility index (Phi) is 4.80. The number of benzene rings is 1. The van der Waals surface area contributed by atoms with E-state index in [1.165, 1.54) is 0 Å². The number of ether oxygens (including phenoxy) is 1. The highest BCUT2D eigenvalue weighted by Crippen LogP contribution is 2.17. The third-order valence-electron chi connectivity index (χ3n) is 2.48.